The molecule has 29 heavy (non-hydrogen) atoms. The van der Waals surface area contributed by atoms with Gasteiger partial charge in [0.1, 0.15) is 0 Å². The molecule has 0 aliphatic carbocycles. The fourth-order valence-electron chi connectivity index (χ4n) is 2.71. The Morgan fingerprint density at radius 3 is 2.34 bits per heavy atom. The molecule has 158 valence electrons. The van der Waals surface area contributed by atoms with Gasteiger partial charge in [-0.3, -0.25) is 9.79 Å². The van der Waals surface area contributed by atoms with Crippen LogP contribution in [0.2, 0.25) is 0 Å². The van der Waals surface area contributed by atoms with Crippen LogP contribution in [0.25, 0.3) is 0 Å². The van der Waals surface area contributed by atoms with Crippen LogP contribution in [0.5, 0.6) is 0 Å². The Hall–Kier alpha value is -2.97. The van der Waals surface area contributed by atoms with Crippen molar-refractivity contribution < 1.29 is 22.4 Å². The predicted octanol–water partition coefficient (Wildman–Crippen LogP) is 3.43. The van der Waals surface area contributed by atoms with Crippen molar-refractivity contribution in [3.63, 3.8) is 0 Å². The van der Waals surface area contributed by atoms with Crippen LogP contribution in [0, 0.1) is 6.92 Å². The van der Waals surface area contributed by atoms with Gasteiger partial charge in [-0.05, 0) is 37.1 Å². The summed E-state index contributed by atoms with van der Waals surface area (Å²) in [5.74, 6) is 0.666. The lowest BCUT2D eigenvalue weighted by Crippen LogP contribution is -2.39. The molecule has 1 aromatic carbocycles. The molecule has 0 aliphatic rings. The van der Waals surface area contributed by atoms with E-state index in [4.69, 9.17) is 4.42 Å². The number of aliphatic imine (C=N–C) groups is 1. The van der Waals surface area contributed by atoms with Gasteiger partial charge in [-0.1, -0.05) is 12.1 Å². The van der Waals surface area contributed by atoms with Gasteiger partial charge in [-0.2, -0.15) is 13.2 Å². The van der Waals surface area contributed by atoms with Gasteiger partial charge >= 0.3 is 6.18 Å². The highest BCUT2D eigenvalue weighted by Gasteiger charge is 2.29. The lowest BCUT2D eigenvalue weighted by molar-refractivity contribution is -0.137. The van der Waals surface area contributed by atoms with Gasteiger partial charge in [-0.15, -0.1) is 0 Å². The number of benzene rings is 1. The molecule has 0 saturated carbocycles. The van der Waals surface area contributed by atoms with Crippen LogP contribution < -0.4 is 10.6 Å². The van der Waals surface area contributed by atoms with Crippen molar-refractivity contribution in [2.24, 2.45) is 4.99 Å². The molecule has 0 spiro atoms. The minimum Gasteiger partial charge on any atom is -0.459 e. The Labute approximate surface area is 167 Å². The summed E-state index contributed by atoms with van der Waals surface area (Å²) in [6.45, 7) is 3.25. The first kappa shape index (κ1) is 22.3. The van der Waals surface area contributed by atoms with E-state index in [1.165, 1.54) is 18.4 Å². The van der Waals surface area contributed by atoms with Crippen molar-refractivity contribution in [2.45, 2.75) is 26.1 Å². The minimum atomic E-state index is -4.34. The van der Waals surface area contributed by atoms with E-state index in [1.54, 1.807) is 27.1 Å². The van der Waals surface area contributed by atoms with Gasteiger partial charge in [0.25, 0.3) is 5.91 Å². The maximum Gasteiger partial charge on any atom is 0.416 e. The first-order valence-electron chi connectivity index (χ1n) is 9.12. The van der Waals surface area contributed by atoms with Crippen molar-refractivity contribution in [1.29, 1.82) is 0 Å². The van der Waals surface area contributed by atoms with E-state index in [1.807, 2.05) is 4.90 Å². The van der Waals surface area contributed by atoms with E-state index in [0.29, 0.717) is 37.8 Å². The number of hydrogen-bond acceptors (Lipinski definition) is 3. The van der Waals surface area contributed by atoms with Crippen molar-refractivity contribution in [1.82, 2.24) is 15.5 Å². The fraction of sp³-hybridized carbons (Fsp3) is 0.400. The molecule has 1 aromatic heterocycles. The van der Waals surface area contributed by atoms with E-state index < -0.39 is 11.7 Å². The average Bonchev–Trinajstić information content (AvgIpc) is 3.10. The summed E-state index contributed by atoms with van der Waals surface area (Å²) in [4.78, 5) is 17.9. The normalized spacial score (nSPS) is 12.0. The predicted molar refractivity (Wildman–Crippen MR) is 105 cm³/mol. The number of rotatable bonds is 7. The zero-order valence-electron chi connectivity index (χ0n) is 16.6. The van der Waals surface area contributed by atoms with Gasteiger partial charge < -0.3 is 20.0 Å². The molecular weight excluding hydrogens is 385 g/mol. The van der Waals surface area contributed by atoms with Crippen LogP contribution in [0.4, 0.5) is 13.2 Å². The van der Waals surface area contributed by atoms with Crippen LogP contribution in [0.15, 0.2) is 46.0 Å². The lowest BCUT2D eigenvalue weighted by Gasteiger charge is -2.22. The summed E-state index contributed by atoms with van der Waals surface area (Å²) >= 11 is 0. The summed E-state index contributed by atoms with van der Waals surface area (Å²) in [5.41, 5.74) is 0.855. The van der Waals surface area contributed by atoms with Gasteiger partial charge in [0.15, 0.2) is 11.7 Å². The van der Waals surface area contributed by atoms with E-state index >= 15 is 0 Å². The Morgan fingerprint density at radius 2 is 1.79 bits per heavy atom. The molecule has 0 unspecified atom stereocenters. The molecule has 2 aromatic rings. The van der Waals surface area contributed by atoms with Crippen LogP contribution in [0.1, 0.15) is 33.7 Å². The van der Waals surface area contributed by atoms with Crippen LogP contribution >= 0.6 is 0 Å². The van der Waals surface area contributed by atoms with Crippen molar-refractivity contribution in [2.75, 3.05) is 27.2 Å². The lowest BCUT2D eigenvalue weighted by atomic mass is 10.1. The fourth-order valence-corrected chi connectivity index (χ4v) is 2.71. The Kier molecular flexibility index (Phi) is 7.69. The van der Waals surface area contributed by atoms with Gasteiger partial charge in [0.05, 0.1) is 11.8 Å². The van der Waals surface area contributed by atoms with Crippen LogP contribution in [0.3, 0.4) is 0 Å². The standard InChI is InChI=1S/C20H25F3N4O2/c1-14-9-12-29-17(14)18(28)25-10-4-11-26-19(24-2)27(3)13-15-5-7-16(8-6-15)20(21,22)23/h5-9,12H,4,10-11,13H2,1-3H3,(H,24,26)(H,25,28). The summed E-state index contributed by atoms with van der Waals surface area (Å²) in [7, 11) is 3.43. The first-order valence-corrected chi connectivity index (χ1v) is 9.12. The second-order valence-corrected chi connectivity index (χ2v) is 6.57. The highest BCUT2D eigenvalue weighted by Crippen LogP contribution is 2.29. The number of hydrogen-bond donors (Lipinski definition) is 2. The van der Waals surface area contributed by atoms with Crippen LogP contribution in [-0.2, 0) is 12.7 Å². The number of amides is 1. The summed E-state index contributed by atoms with van der Waals surface area (Å²) in [5, 5.41) is 5.95. The number of furan rings is 1. The summed E-state index contributed by atoms with van der Waals surface area (Å²) in [6.07, 6.45) is -2.20. The minimum absolute atomic E-state index is 0.253. The first-order chi connectivity index (χ1) is 13.7. The Balaban J connectivity index is 1.75. The number of carbonyl (C=O) groups excluding carboxylic acids is 1. The largest absolute Gasteiger partial charge is 0.459 e. The molecule has 1 amide bonds. The molecule has 0 atom stereocenters. The summed E-state index contributed by atoms with van der Waals surface area (Å²) in [6, 6.07) is 6.79. The SMILES string of the molecule is CN=C(NCCCNC(=O)c1occc1C)N(C)Cc1ccc(C(F)(F)F)cc1. The van der Waals surface area contributed by atoms with Gasteiger partial charge in [0, 0.05) is 39.3 Å². The maximum absolute atomic E-state index is 12.6. The molecular formula is C20H25F3N4O2. The third kappa shape index (κ3) is 6.55. The molecule has 0 saturated heterocycles. The number of nitrogens with zero attached hydrogens (tertiary/aromatic N) is 2. The van der Waals surface area contributed by atoms with Crippen molar-refractivity contribution in [3.05, 3.63) is 59.0 Å². The molecule has 0 fully saturated rings. The third-order valence-corrected chi connectivity index (χ3v) is 4.26. The molecule has 9 heteroatoms. The molecule has 0 bridgehead atoms. The molecule has 2 N–H and O–H groups in total. The van der Waals surface area contributed by atoms with Gasteiger partial charge in [-0.25, -0.2) is 0 Å². The number of aryl methyl sites for hydroxylation is 1. The van der Waals surface area contributed by atoms with E-state index in [-0.39, 0.29) is 5.91 Å². The zero-order valence-corrected chi connectivity index (χ0v) is 16.6. The summed E-state index contributed by atoms with van der Waals surface area (Å²) < 4.78 is 43.1. The van der Waals surface area contributed by atoms with E-state index in [0.717, 1.165) is 23.3 Å². The molecule has 0 aliphatic heterocycles. The molecule has 6 nitrogen and oxygen atoms in total. The molecule has 1 heterocycles. The Morgan fingerprint density at radius 1 is 1.14 bits per heavy atom. The van der Waals surface area contributed by atoms with Gasteiger partial charge in [0.2, 0.25) is 0 Å². The smallest absolute Gasteiger partial charge is 0.416 e. The quantitative estimate of drug-likeness (QED) is 0.417. The highest BCUT2D eigenvalue weighted by molar-refractivity contribution is 5.92. The second-order valence-electron chi connectivity index (χ2n) is 6.57. The van der Waals surface area contributed by atoms with Crippen LogP contribution in [-0.4, -0.2) is 44.0 Å². The zero-order chi connectivity index (χ0) is 21.4. The number of halogens is 3. The monoisotopic (exact) mass is 410 g/mol. The second kappa shape index (κ2) is 9.99. The average molecular weight is 410 g/mol. The topological polar surface area (TPSA) is 69.9 Å². The van der Waals surface area contributed by atoms with Crippen molar-refractivity contribution >= 4 is 11.9 Å². The third-order valence-electron chi connectivity index (χ3n) is 4.26. The maximum atomic E-state index is 12.6. The molecule has 0 radical (unpaired) electrons. The number of nitrogens with one attached hydrogen (secondary N) is 2. The number of carbonyl (C=O) groups is 1. The number of alkyl halides is 3. The Bertz CT molecular complexity index is 829. The highest BCUT2D eigenvalue weighted by atomic mass is 19.4. The van der Waals surface area contributed by atoms with E-state index in [2.05, 4.69) is 15.6 Å². The van der Waals surface area contributed by atoms with E-state index in [9.17, 15) is 18.0 Å². The van der Waals surface area contributed by atoms with Crippen molar-refractivity contribution in [3.8, 4) is 0 Å². The molecule has 2 rings (SSSR count). The number of guanidine groups is 1.